The second-order valence-electron chi connectivity index (χ2n) is 4.20. The van der Waals surface area contributed by atoms with E-state index in [1.54, 1.807) is 18.2 Å². The predicted octanol–water partition coefficient (Wildman–Crippen LogP) is 0.770. The average molecular weight is 280 g/mol. The normalized spacial score (nSPS) is 12.2. The lowest BCUT2D eigenvalue weighted by molar-refractivity contribution is -0.141. The summed E-state index contributed by atoms with van der Waals surface area (Å²) in [6.07, 6.45) is 5.05. The van der Waals surface area contributed by atoms with Crippen molar-refractivity contribution in [1.82, 2.24) is 10.6 Å². The lowest BCUT2D eigenvalue weighted by atomic mass is 10.1. The summed E-state index contributed by atoms with van der Waals surface area (Å²) in [7, 11) is 0. The molecule has 3 N–H and O–H groups in total. The first-order chi connectivity index (χ1) is 9.38. The number of allylic oxidation sites excluding steroid dienone is 3. The Morgan fingerprint density at radius 3 is 2.40 bits per heavy atom. The SMILES string of the molecule is C=C/C=C(\C=C)C[C@H](C)NC(=O)CNC(=O)CC(=O)O. The predicted molar refractivity (Wildman–Crippen MR) is 76.0 cm³/mol. The average Bonchev–Trinajstić information content (AvgIpc) is 2.35. The van der Waals surface area contributed by atoms with E-state index < -0.39 is 18.3 Å². The van der Waals surface area contributed by atoms with Gasteiger partial charge in [-0.2, -0.15) is 0 Å². The van der Waals surface area contributed by atoms with Crippen LogP contribution in [0.5, 0.6) is 0 Å². The molecule has 0 saturated heterocycles. The van der Waals surface area contributed by atoms with E-state index >= 15 is 0 Å². The van der Waals surface area contributed by atoms with E-state index in [9.17, 15) is 14.4 Å². The molecule has 0 spiro atoms. The highest BCUT2D eigenvalue weighted by atomic mass is 16.4. The van der Waals surface area contributed by atoms with Crippen LogP contribution in [0.3, 0.4) is 0 Å². The van der Waals surface area contributed by atoms with E-state index in [0.29, 0.717) is 6.42 Å². The van der Waals surface area contributed by atoms with E-state index in [2.05, 4.69) is 23.8 Å². The Labute approximate surface area is 118 Å². The molecule has 0 aromatic rings. The van der Waals surface area contributed by atoms with E-state index in [0.717, 1.165) is 5.57 Å². The quantitative estimate of drug-likeness (QED) is 0.429. The molecule has 110 valence electrons. The maximum Gasteiger partial charge on any atom is 0.312 e. The van der Waals surface area contributed by atoms with Crippen molar-refractivity contribution in [2.75, 3.05) is 6.54 Å². The van der Waals surface area contributed by atoms with Crippen LogP contribution in [0.15, 0.2) is 37.0 Å². The van der Waals surface area contributed by atoms with Crippen molar-refractivity contribution in [2.24, 2.45) is 0 Å². The number of hydrogen-bond donors (Lipinski definition) is 3. The summed E-state index contributed by atoms with van der Waals surface area (Å²) in [5.74, 6) is -2.31. The van der Waals surface area contributed by atoms with Gasteiger partial charge in [-0.1, -0.05) is 31.4 Å². The smallest absolute Gasteiger partial charge is 0.312 e. The minimum atomic E-state index is -1.23. The molecule has 0 bridgehead atoms. The van der Waals surface area contributed by atoms with Gasteiger partial charge in [0.05, 0.1) is 6.54 Å². The molecule has 6 heteroatoms. The van der Waals surface area contributed by atoms with Crippen molar-refractivity contribution < 1.29 is 19.5 Å². The van der Waals surface area contributed by atoms with Gasteiger partial charge in [0, 0.05) is 6.04 Å². The summed E-state index contributed by atoms with van der Waals surface area (Å²) in [6, 6.07) is -0.136. The number of carboxylic acid groups (broad SMARTS) is 1. The molecular weight excluding hydrogens is 260 g/mol. The van der Waals surface area contributed by atoms with Gasteiger partial charge in [-0.05, 0) is 18.9 Å². The highest BCUT2D eigenvalue weighted by molar-refractivity contribution is 5.95. The third-order valence-electron chi connectivity index (χ3n) is 2.30. The van der Waals surface area contributed by atoms with Crippen LogP contribution in [0.1, 0.15) is 19.8 Å². The molecule has 6 nitrogen and oxygen atoms in total. The maximum atomic E-state index is 11.5. The third-order valence-corrected chi connectivity index (χ3v) is 2.30. The van der Waals surface area contributed by atoms with E-state index in [1.165, 1.54) is 0 Å². The van der Waals surface area contributed by atoms with Crippen molar-refractivity contribution in [3.05, 3.63) is 37.0 Å². The number of amides is 2. The second-order valence-corrected chi connectivity index (χ2v) is 4.20. The van der Waals surface area contributed by atoms with Gasteiger partial charge in [0.1, 0.15) is 6.42 Å². The van der Waals surface area contributed by atoms with E-state index in [-0.39, 0.29) is 18.5 Å². The first-order valence-corrected chi connectivity index (χ1v) is 6.11. The summed E-state index contributed by atoms with van der Waals surface area (Å²) in [6.45, 7) is 8.81. The van der Waals surface area contributed by atoms with Gasteiger partial charge in [0.25, 0.3) is 0 Å². The minimum absolute atomic E-state index is 0.136. The number of nitrogens with one attached hydrogen (secondary N) is 2. The molecule has 0 aliphatic rings. The highest BCUT2D eigenvalue weighted by Gasteiger charge is 2.11. The number of carbonyl (C=O) groups is 3. The van der Waals surface area contributed by atoms with Gasteiger partial charge >= 0.3 is 5.97 Å². The Hall–Kier alpha value is -2.37. The molecule has 1 atom stereocenters. The van der Waals surface area contributed by atoms with Crippen LogP contribution in [0.25, 0.3) is 0 Å². The molecule has 0 radical (unpaired) electrons. The minimum Gasteiger partial charge on any atom is -0.481 e. The van der Waals surface area contributed by atoms with Crippen LogP contribution in [-0.4, -0.2) is 35.5 Å². The molecule has 0 aliphatic carbocycles. The molecule has 0 heterocycles. The van der Waals surface area contributed by atoms with Crippen LogP contribution in [0.2, 0.25) is 0 Å². The van der Waals surface area contributed by atoms with Crippen LogP contribution < -0.4 is 10.6 Å². The molecule has 0 aliphatic heterocycles. The third kappa shape index (κ3) is 8.68. The first kappa shape index (κ1) is 17.6. The summed E-state index contributed by atoms with van der Waals surface area (Å²) >= 11 is 0. The molecule has 2 amide bonds. The van der Waals surface area contributed by atoms with Crippen molar-refractivity contribution in [3.8, 4) is 0 Å². The molecule has 0 rings (SSSR count). The van der Waals surface area contributed by atoms with Crippen LogP contribution in [0, 0.1) is 0 Å². The van der Waals surface area contributed by atoms with Crippen molar-refractivity contribution >= 4 is 17.8 Å². The number of carboxylic acids is 1. The lowest BCUT2D eigenvalue weighted by Crippen LogP contribution is -2.41. The van der Waals surface area contributed by atoms with Gasteiger partial charge in [0.2, 0.25) is 11.8 Å². The molecule has 0 aromatic carbocycles. The van der Waals surface area contributed by atoms with Gasteiger partial charge in [0.15, 0.2) is 0 Å². The highest BCUT2D eigenvalue weighted by Crippen LogP contribution is 2.06. The Bertz CT molecular complexity index is 427. The molecule has 0 unspecified atom stereocenters. The van der Waals surface area contributed by atoms with Gasteiger partial charge in [-0.25, -0.2) is 0 Å². The lowest BCUT2D eigenvalue weighted by Gasteiger charge is -2.14. The first-order valence-electron chi connectivity index (χ1n) is 6.11. The fourth-order valence-electron chi connectivity index (χ4n) is 1.48. The van der Waals surface area contributed by atoms with Crippen molar-refractivity contribution in [1.29, 1.82) is 0 Å². The van der Waals surface area contributed by atoms with Gasteiger partial charge in [-0.3, -0.25) is 14.4 Å². The van der Waals surface area contributed by atoms with Gasteiger partial charge in [-0.15, -0.1) is 0 Å². The summed E-state index contributed by atoms with van der Waals surface area (Å²) in [5, 5.41) is 13.3. The van der Waals surface area contributed by atoms with Gasteiger partial charge < -0.3 is 15.7 Å². The Kier molecular flexibility index (Phi) is 8.41. The number of hydrogen-bond acceptors (Lipinski definition) is 3. The second kappa shape index (κ2) is 9.55. The molecule has 0 fully saturated rings. The maximum absolute atomic E-state index is 11.5. The summed E-state index contributed by atoms with van der Waals surface area (Å²) in [4.78, 5) is 32.8. The molecule has 0 aromatic heterocycles. The van der Waals surface area contributed by atoms with Crippen LogP contribution in [-0.2, 0) is 14.4 Å². The zero-order chi connectivity index (χ0) is 15.5. The molecular formula is C14H20N2O4. The molecule has 0 saturated carbocycles. The van der Waals surface area contributed by atoms with Crippen LogP contribution >= 0.6 is 0 Å². The zero-order valence-electron chi connectivity index (χ0n) is 11.5. The van der Waals surface area contributed by atoms with E-state index in [1.807, 2.05) is 6.92 Å². The fraction of sp³-hybridized carbons (Fsp3) is 0.357. The number of carbonyl (C=O) groups excluding carboxylic acids is 2. The number of aliphatic carboxylic acids is 1. The largest absolute Gasteiger partial charge is 0.481 e. The molecule has 20 heavy (non-hydrogen) atoms. The monoisotopic (exact) mass is 280 g/mol. The Morgan fingerprint density at radius 2 is 1.90 bits per heavy atom. The van der Waals surface area contributed by atoms with Crippen LogP contribution in [0.4, 0.5) is 0 Å². The number of rotatable bonds is 9. The summed E-state index contributed by atoms with van der Waals surface area (Å²) in [5.41, 5.74) is 0.933. The fourth-order valence-corrected chi connectivity index (χ4v) is 1.48. The Morgan fingerprint density at radius 1 is 1.25 bits per heavy atom. The van der Waals surface area contributed by atoms with Crippen molar-refractivity contribution in [3.63, 3.8) is 0 Å². The van der Waals surface area contributed by atoms with Crippen molar-refractivity contribution in [2.45, 2.75) is 25.8 Å². The zero-order valence-corrected chi connectivity index (χ0v) is 11.5. The topological polar surface area (TPSA) is 95.5 Å². The summed E-state index contributed by atoms with van der Waals surface area (Å²) < 4.78 is 0. The Balaban J connectivity index is 4.11. The standard InChI is InChI=1S/C14H20N2O4/c1-4-6-11(5-2)7-10(3)16-13(18)9-15-12(17)8-14(19)20/h4-6,10H,1-2,7-9H2,3H3,(H,15,17)(H,16,18)(H,19,20)/b11-6+/t10-/m0/s1. The van der Waals surface area contributed by atoms with E-state index in [4.69, 9.17) is 5.11 Å².